The number of benzene rings is 1. The summed E-state index contributed by atoms with van der Waals surface area (Å²) in [6.45, 7) is 0. The zero-order chi connectivity index (χ0) is 12.1. The Labute approximate surface area is 97.6 Å². The van der Waals surface area contributed by atoms with Crippen LogP contribution in [-0.2, 0) is 0 Å². The summed E-state index contributed by atoms with van der Waals surface area (Å²) < 4.78 is 0. The first kappa shape index (κ1) is 10.7. The first-order chi connectivity index (χ1) is 8.36. The van der Waals surface area contributed by atoms with Crippen LogP contribution in [0, 0.1) is 11.3 Å². The standard InChI is InChI=1S/C12H7N5/c13-8-10-11(16-17-14)6-7-15-12(10)9-4-2-1-3-5-9/h1-7H. The summed E-state index contributed by atoms with van der Waals surface area (Å²) >= 11 is 0. The zero-order valence-electron chi connectivity index (χ0n) is 8.78. The summed E-state index contributed by atoms with van der Waals surface area (Å²) in [5, 5.41) is 12.6. The molecule has 1 aromatic heterocycles. The predicted octanol–water partition coefficient (Wildman–Crippen LogP) is 3.56. The maximum absolute atomic E-state index is 9.11. The second kappa shape index (κ2) is 4.79. The van der Waals surface area contributed by atoms with Gasteiger partial charge in [0.15, 0.2) is 0 Å². The first-order valence-corrected chi connectivity index (χ1v) is 4.86. The lowest BCUT2D eigenvalue weighted by Gasteiger charge is -2.04. The topological polar surface area (TPSA) is 85.4 Å². The van der Waals surface area contributed by atoms with Crippen LogP contribution in [-0.4, -0.2) is 4.98 Å². The van der Waals surface area contributed by atoms with E-state index in [2.05, 4.69) is 15.0 Å². The van der Waals surface area contributed by atoms with E-state index in [0.717, 1.165) is 5.56 Å². The van der Waals surface area contributed by atoms with Crippen molar-refractivity contribution < 1.29 is 0 Å². The number of pyridine rings is 1. The molecule has 17 heavy (non-hydrogen) atoms. The highest BCUT2D eigenvalue weighted by Crippen LogP contribution is 2.27. The second-order valence-corrected chi connectivity index (χ2v) is 3.22. The van der Waals surface area contributed by atoms with E-state index in [4.69, 9.17) is 10.8 Å². The summed E-state index contributed by atoms with van der Waals surface area (Å²) in [6, 6.07) is 12.8. The van der Waals surface area contributed by atoms with Crippen molar-refractivity contribution in [3.05, 3.63) is 58.6 Å². The van der Waals surface area contributed by atoms with Gasteiger partial charge in [-0.15, -0.1) is 0 Å². The molecule has 2 rings (SSSR count). The molecule has 0 spiro atoms. The van der Waals surface area contributed by atoms with Crippen molar-refractivity contribution in [2.45, 2.75) is 0 Å². The van der Waals surface area contributed by atoms with Crippen LogP contribution in [0.5, 0.6) is 0 Å². The molecule has 5 heteroatoms. The molecule has 0 atom stereocenters. The van der Waals surface area contributed by atoms with Crippen molar-refractivity contribution in [1.29, 1.82) is 5.26 Å². The van der Waals surface area contributed by atoms with Crippen LogP contribution in [0.25, 0.3) is 21.7 Å². The quantitative estimate of drug-likeness (QED) is 0.441. The van der Waals surface area contributed by atoms with Gasteiger partial charge in [0.25, 0.3) is 0 Å². The molecule has 0 bridgehead atoms. The maximum atomic E-state index is 9.11. The number of hydrogen-bond acceptors (Lipinski definition) is 3. The Bertz CT molecular complexity index is 621. The molecule has 1 aromatic carbocycles. The first-order valence-electron chi connectivity index (χ1n) is 4.86. The molecule has 0 aliphatic carbocycles. The van der Waals surface area contributed by atoms with Gasteiger partial charge in [-0.25, -0.2) is 0 Å². The lowest BCUT2D eigenvalue weighted by atomic mass is 10.1. The second-order valence-electron chi connectivity index (χ2n) is 3.22. The van der Waals surface area contributed by atoms with E-state index in [9.17, 15) is 0 Å². The van der Waals surface area contributed by atoms with Gasteiger partial charge in [-0.1, -0.05) is 35.4 Å². The van der Waals surface area contributed by atoms with E-state index in [1.807, 2.05) is 36.4 Å². The van der Waals surface area contributed by atoms with Crippen LogP contribution >= 0.6 is 0 Å². The molecule has 0 radical (unpaired) electrons. The van der Waals surface area contributed by atoms with Gasteiger partial charge in [-0.05, 0) is 11.6 Å². The molecule has 2 aromatic rings. The predicted molar refractivity (Wildman–Crippen MR) is 63.2 cm³/mol. The summed E-state index contributed by atoms with van der Waals surface area (Å²) in [5.74, 6) is 0. The van der Waals surface area contributed by atoms with Gasteiger partial charge in [0.05, 0.1) is 16.9 Å². The molecule has 0 amide bonds. The highest BCUT2D eigenvalue weighted by atomic mass is 15.1. The van der Waals surface area contributed by atoms with Crippen LogP contribution in [0.15, 0.2) is 47.7 Å². The van der Waals surface area contributed by atoms with Crippen molar-refractivity contribution in [2.24, 2.45) is 5.11 Å². The molecule has 0 saturated heterocycles. The zero-order valence-corrected chi connectivity index (χ0v) is 8.78. The number of hydrogen-bond donors (Lipinski definition) is 0. The van der Waals surface area contributed by atoms with E-state index in [-0.39, 0.29) is 5.56 Å². The fourth-order valence-electron chi connectivity index (χ4n) is 1.51. The number of nitriles is 1. The molecule has 0 aliphatic rings. The van der Waals surface area contributed by atoms with E-state index >= 15 is 0 Å². The van der Waals surface area contributed by atoms with E-state index in [0.29, 0.717) is 11.4 Å². The van der Waals surface area contributed by atoms with Crippen molar-refractivity contribution >= 4 is 5.69 Å². The SMILES string of the molecule is N#Cc1c(N=[N+]=[N-])ccnc1-c1ccccc1. The van der Waals surface area contributed by atoms with Crippen LogP contribution in [0.3, 0.4) is 0 Å². The fourth-order valence-corrected chi connectivity index (χ4v) is 1.51. The molecule has 1 heterocycles. The normalized spacial score (nSPS) is 9.12. The van der Waals surface area contributed by atoms with Crippen molar-refractivity contribution in [3.8, 4) is 17.3 Å². The van der Waals surface area contributed by atoms with E-state index in [1.54, 1.807) is 0 Å². The van der Waals surface area contributed by atoms with Crippen LogP contribution in [0.2, 0.25) is 0 Å². The van der Waals surface area contributed by atoms with E-state index < -0.39 is 0 Å². The third-order valence-electron chi connectivity index (χ3n) is 2.24. The van der Waals surface area contributed by atoms with Crippen molar-refractivity contribution in [1.82, 2.24) is 4.98 Å². The Balaban J connectivity index is 2.68. The van der Waals surface area contributed by atoms with Gasteiger partial charge in [0, 0.05) is 16.7 Å². The van der Waals surface area contributed by atoms with Crippen LogP contribution < -0.4 is 0 Å². The van der Waals surface area contributed by atoms with Gasteiger partial charge < -0.3 is 0 Å². The molecule has 0 N–H and O–H groups in total. The van der Waals surface area contributed by atoms with Gasteiger partial charge in [0.1, 0.15) is 6.07 Å². The third-order valence-corrected chi connectivity index (χ3v) is 2.24. The average molecular weight is 221 g/mol. The van der Waals surface area contributed by atoms with E-state index in [1.165, 1.54) is 12.3 Å². The highest BCUT2D eigenvalue weighted by molar-refractivity contribution is 5.72. The fraction of sp³-hybridized carbons (Fsp3) is 0. The Morgan fingerprint density at radius 2 is 2.00 bits per heavy atom. The number of rotatable bonds is 2. The summed E-state index contributed by atoms with van der Waals surface area (Å²) in [4.78, 5) is 6.85. The average Bonchev–Trinajstić information content (AvgIpc) is 2.40. The Kier molecular flexibility index (Phi) is 3.01. The molecule has 80 valence electrons. The van der Waals surface area contributed by atoms with Gasteiger partial charge in [-0.2, -0.15) is 5.26 Å². The molecule has 0 saturated carbocycles. The lowest BCUT2D eigenvalue weighted by molar-refractivity contribution is 1.28. The maximum Gasteiger partial charge on any atom is 0.102 e. The van der Waals surface area contributed by atoms with Crippen molar-refractivity contribution in [2.75, 3.05) is 0 Å². The minimum atomic E-state index is 0.288. The molecule has 0 aliphatic heterocycles. The largest absolute Gasteiger partial charge is 0.255 e. The minimum Gasteiger partial charge on any atom is -0.255 e. The van der Waals surface area contributed by atoms with Crippen LogP contribution in [0.4, 0.5) is 5.69 Å². The Morgan fingerprint density at radius 3 is 2.65 bits per heavy atom. The number of nitrogens with zero attached hydrogens (tertiary/aromatic N) is 5. The molecule has 0 unspecified atom stereocenters. The molecular formula is C12H7N5. The highest BCUT2D eigenvalue weighted by Gasteiger charge is 2.09. The summed E-state index contributed by atoms with van der Waals surface area (Å²) in [6.07, 6.45) is 1.52. The van der Waals surface area contributed by atoms with Crippen molar-refractivity contribution in [3.63, 3.8) is 0 Å². The number of aromatic nitrogens is 1. The molecule has 0 fully saturated rings. The number of azide groups is 1. The van der Waals surface area contributed by atoms with Gasteiger partial charge in [0.2, 0.25) is 0 Å². The molecular weight excluding hydrogens is 214 g/mol. The summed E-state index contributed by atoms with van der Waals surface area (Å²) in [7, 11) is 0. The Hall–Kier alpha value is -2.83. The lowest BCUT2D eigenvalue weighted by Crippen LogP contribution is -1.88. The van der Waals surface area contributed by atoms with Gasteiger partial charge in [-0.3, -0.25) is 4.98 Å². The Morgan fingerprint density at radius 1 is 1.24 bits per heavy atom. The summed E-state index contributed by atoms with van der Waals surface area (Å²) in [5.41, 5.74) is 10.4. The van der Waals surface area contributed by atoms with Gasteiger partial charge >= 0.3 is 0 Å². The monoisotopic (exact) mass is 221 g/mol. The molecule has 5 nitrogen and oxygen atoms in total. The van der Waals surface area contributed by atoms with Crippen LogP contribution in [0.1, 0.15) is 5.56 Å². The smallest absolute Gasteiger partial charge is 0.102 e. The third kappa shape index (κ3) is 2.07. The minimum absolute atomic E-state index is 0.288.